The lowest BCUT2D eigenvalue weighted by Crippen LogP contribution is -2.08. The van der Waals surface area contributed by atoms with Gasteiger partial charge in [-0.05, 0) is 49.9 Å². The molecular weight excluding hydrogens is 291 g/mol. The SMILES string of the molecule is CCc1nn(-c2ccc(C(F)(F)F)cc2)c2c1CCCCN2. The van der Waals surface area contributed by atoms with E-state index in [4.69, 9.17) is 0 Å². The molecule has 3 nitrogen and oxygen atoms in total. The first kappa shape index (κ1) is 14.9. The Morgan fingerprint density at radius 1 is 1.18 bits per heavy atom. The van der Waals surface area contributed by atoms with Crippen molar-refractivity contribution in [2.45, 2.75) is 38.8 Å². The van der Waals surface area contributed by atoms with Gasteiger partial charge in [-0.3, -0.25) is 0 Å². The summed E-state index contributed by atoms with van der Waals surface area (Å²) in [7, 11) is 0. The zero-order chi connectivity index (χ0) is 15.7. The number of aryl methyl sites for hydroxylation is 1. The second-order valence-corrected chi connectivity index (χ2v) is 5.47. The molecule has 0 bridgehead atoms. The topological polar surface area (TPSA) is 29.9 Å². The maximum atomic E-state index is 12.7. The molecule has 1 aromatic carbocycles. The predicted molar refractivity (Wildman–Crippen MR) is 79.4 cm³/mol. The molecule has 0 amide bonds. The summed E-state index contributed by atoms with van der Waals surface area (Å²) in [6.07, 6.45) is -0.341. The predicted octanol–water partition coefficient (Wildman–Crippen LogP) is 4.20. The lowest BCUT2D eigenvalue weighted by molar-refractivity contribution is -0.137. The van der Waals surface area contributed by atoms with Crippen molar-refractivity contribution >= 4 is 5.82 Å². The Kier molecular flexibility index (Phi) is 3.85. The number of fused-ring (bicyclic) bond motifs is 1. The van der Waals surface area contributed by atoms with Gasteiger partial charge < -0.3 is 5.32 Å². The van der Waals surface area contributed by atoms with E-state index in [9.17, 15) is 13.2 Å². The summed E-state index contributed by atoms with van der Waals surface area (Å²) < 4.78 is 39.8. The van der Waals surface area contributed by atoms with Crippen LogP contribution < -0.4 is 5.32 Å². The van der Waals surface area contributed by atoms with E-state index in [2.05, 4.69) is 10.4 Å². The van der Waals surface area contributed by atoms with Gasteiger partial charge in [0, 0.05) is 12.1 Å². The minimum absolute atomic E-state index is 0.641. The van der Waals surface area contributed by atoms with Gasteiger partial charge in [0.05, 0.1) is 16.9 Å². The van der Waals surface area contributed by atoms with Crippen LogP contribution in [0.3, 0.4) is 0 Å². The number of alkyl halides is 3. The van der Waals surface area contributed by atoms with E-state index in [1.165, 1.54) is 17.7 Å². The Labute approximate surface area is 127 Å². The molecule has 1 aliphatic rings. The van der Waals surface area contributed by atoms with Gasteiger partial charge in [0.15, 0.2) is 0 Å². The number of hydrogen-bond acceptors (Lipinski definition) is 2. The first-order valence-electron chi connectivity index (χ1n) is 7.53. The van der Waals surface area contributed by atoms with Crippen LogP contribution in [0.25, 0.3) is 5.69 Å². The van der Waals surface area contributed by atoms with Crippen LogP contribution in [0.1, 0.15) is 36.6 Å². The molecule has 0 fully saturated rings. The molecule has 0 saturated heterocycles. The fraction of sp³-hybridized carbons (Fsp3) is 0.438. The fourth-order valence-corrected chi connectivity index (χ4v) is 2.84. The smallest absolute Gasteiger partial charge is 0.370 e. The monoisotopic (exact) mass is 309 g/mol. The van der Waals surface area contributed by atoms with Crippen molar-refractivity contribution in [3.8, 4) is 5.69 Å². The maximum Gasteiger partial charge on any atom is 0.416 e. The molecule has 22 heavy (non-hydrogen) atoms. The Balaban J connectivity index is 2.03. The van der Waals surface area contributed by atoms with E-state index in [0.29, 0.717) is 5.69 Å². The van der Waals surface area contributed by atoms with Gasteiger partial charge in [0.1, 0.15) is 5.82 Å². The van der Waals surface area contributed by atoms with Gasteiger partial charge in [-0.15, -0.1) is 0 Å². The van der Waals surface area contributed by atoms with Gasteiger partial charge in [-0.1, -0.05) is 6.92 Å². The number of nitrogens with one attached hydrogen (secondary N) is 1. The van der Waals surface area contributed by atoms with Crippen molar-refractivity contribution in [2.75, 3.05) is 11.9 Å². The number of anilines is 1. The van der Waals surface area contributed by atoms with Crippen LogP contribution >= 0.6 is 0 Å². The second kappa shape index (κ2) is 5.66. The molecule has 1 N–H and O–H groups in total. The van der Waals surface area contributed by atoms with Crippen molar-refractivity contribution < 1.29 is 13.2 Å². The Bertz CT molecular complexity index is 657. The van der Waals surface area contributed by atoms with E-state index in [0.717, 1.165) is 55.9 Å². The van der Waals surface area contributed by atoms with Crippen LogP contribution in [-0.4, -0.2) is 16.3 Å². The molecule has 0 aliphatic carbocycles. The number of nitrogens with zero attached hydrogens (tertiary/aromatic N) is 2. The van der Waals surface area contributed by atoms with E-state index < -0.39 is 11.7 Å². The third-order valence-corrected chi connectivity index (χ3v) is 3.99. The molecule has 2 aromatic rings. The summed E-state index contributed by atoms with van der Waals surface area (Å²) in [4.78, 5) is 0. The minimum atomic E-state index is -4.31. The van der Waals surface area contributed by atoms with E-state index in [-0.39, 0.29) is 0 Å². The standard InChI is InChI=1S/C16H18F3N3/c1-2-14-13-5-3-4-10-20-15(13)22(21-14)12-8-6-11(7-9-12)16(17,18)19/h6-9,20H,2-5,10H2,1H3. The van der Waals surface area contributed by atoms with E-state index >= 15 is 0 Å². The second-order valence-electron chi connectivity index (χ2n) is 5.47. The molecule has 0 spiro atoms. The molecule has 0 radical (unpaired) electrons. The summed E-state index contributed by atoms with van der Waals surface area (Å²) in [5.74, 6) is 0.925. The molecule has 1 aromatic heterocycles. The minimum Gasteiger partial charge on any atom is -0.370 e. The molecule has 0 saturated carbocycles. The van der Waals surface area contributed by atoms with Gasteiger partial charge >= 0.3 is 6.18 Å². The lowest BCUT2D eigenvalue weighted by atomic mass is 10.1. The van der Waals surface area contributed by atoms with Gasteiger partial charge in [-0.2, -0.15) is 18.3 Å². The van der Waals surface area contributed by atoms with E-state index in [1.807, 2.05) is 6.92 Å². The Morgan fingerprint density at radius 2 is 1.91 bits per heavy atom. The highest BCUT2D eigenvalue weighted by atomic mass is 19.4. The summed E-state index contributed by atoms with van der Waals surface area (Å²) in [5.41, 5.74) is 2.22. The summed E-state index contributed by atoms with van der Waals surface area (Å²) in [6.45, 7) is 2.91. The van der Waals surface area contributed by atoms with Crippen molar-refractivity contribution in [2.24, 2.45) is 0 Å². The van der Waals surface area contributed by atoms with Crippen LogP contribution in [0.15, 0.2) is 24.3 Å². The average Bonchev–Trinajstić information content (AvgIpc) is 2.67. The van der Waals surface area contributed by atoms with Crippen molar-refractivity contribution in [1.82, 2.24) is 9.78 Å². The highest BCUT2D eigenvalue weighted by Crippen LogP contribution is 2.32. The van der Waals surface area contributed by atoms with E-state index in [1.54, 1.807) is 4.68 Å². The summed E-state index contributed by atoms with van der Waals surface area (Å²) in [5, 5.41) is 7.96. The van der Waals surface area contributed by atoms with Crippen LogP contribution in [0, 0.1) is 0 Å². The summed E-state index contributed by atoms with van der Waals surface area (Å²) >= 11 is 0. The number of halogens is 3. The summed E-state index contributed by atoms with van der Waals surface area (Å²) in [6, 6.07) is 5.15. The fourth-order valence-electron chi connectivity index (χ4n) is 2.84. The maximum absolute atomic E-state index is 12.7. The molecule has 1 aliphatic heterocycles. The highest BCUT2D eigenvalue weighted by molar-refractivity contribution is 5.54. The lowest BCUT2D eigenvalue weighted by Gasteiger charge is -2.11. The van der Waals surface area contributed by atoms with Crippen molar-refractivity contribution in [1.29, 1.82) is 0 Å². The highest BCUT2D eigenvalue weighted by Gasteiger charge is 2.30. The molecule has 6 heteroatoms. The van der Waals surface area contributed by atoms with Gasteiger partial charge in [0.25, 0.3) is 0 Å². The molecule has 0 atom stereocenters. The van der Waals surface area contributed by atoms with Crippen molar-refractivity contribution in [3.05, 3.63) is 41.1 Å². The van der Waals surface area contributed by atoms with Crippen LogP contribution in [0.5, 0.6) is 0 Å². The molecule has 3 rings (SSSR count). The number of aromatic nitrogens is 2. The number of rotatable bonds is 2. The average molecular weight is 309 g/mol. The quantitative estimate of drug-likeness (QED) is 0.901. The number of benzene rings is 1. The van der Waals surface area contributed by atoms with Gasteiger partial charge in [-0.25, -0.2) is 4.68 Å². The zero-order valence-corrected chi connectivity index (χ0v) is 12.4. The molecule has 2 heterocycles. The largest absolute Gasteiger partial charge is 0.416 e. The van der Waals surface area contributed by atoms with Crippen molar-refractivity contribution in [3.63, 3.8) is 0 Å². The third-order valence-electron chi connectivity index (χ3n) is 3.99. The Hall–Kier alpha value is -1.98. The zero-order valence-electron chi connectivity index (χ0n) is 12.4. The van der Waals surface area contributed by atoms with Crippen LogP contribution in [0.4, 0.5) is 19.0 Å². The molecule has 0 unspecified atom stereocenters. The first-order chi connectivity index (χ1) is 10.5. The first-order valence-corrected chi connectivity index (χ1v) is 7.53. The van der Waals surface area contributed by atoms with Crippen LogP contribution in [0.2, 0.25) is 0 Å². The molecule has 118 valence electrons. The van der Waals surface area contributed by atoms with Gasteiger partial charge in [0.2, 0.25) is 0 Å². The third kappa shape index (κ3) is 2.69. The number of hydrogen-bond donors (Lipinski definition) is 1. The molecular formula is C16H18F3N3. The van der Waals surface area contributed by atoms with Crippen LogP contribution in [-0.2, 0) is 19.0 Å². The normalized spacial score (nSPS) is 15.1. The Morgan fingerprint density at radius 3 is 2.55 bits per heavy atom.